The monoisotopic (exact) mass is 309 g/mol. The molecule has 2 aromatic heterocycles. The van der Waals surface area contributed by atoms with Crippen molar-refractivity contribution in [3.05, 3.63) is 36.0 Å². The number of para-hydroxylation sites is 1. The van der Waals surface area contributed by atoms with Gasteiger partial charge in [0.25, 0.3) is 0 Å². The van der Waals surface area contributed by atoms with Gasteiger partial charge in [0.1, 0.15) is 5.82 Å². The van der Waals surface area contributed by atoms with Gasteiger partial charge in [0.2, 0.25) is 5.95 Å². The van der Waals surface area contributed by atoms with Crippen molar-refractivity contribution in [3.8, 4) is 0 Å². The van der Waals surface area contributed by atoms with Gasteiger partial charge in [-0.05, 0) is 19.1 Å². The Morgan fingerprint density at radius 1 is 1.13 bits per heavy atom. The van der Waals surface area contributed by atoms with Gasteiger partial charge in [-0.15, -0.1) is 0 Å². The number of H-pyrrole nitrogens is 1. The van der Waals surface area contributed by atoms with Gasteiger partial charge >= 0.3 is 0 Å². The van der Waals surface area contributed by atoms with Gasteiger partial charge in [0.15, 0.2) is 5.82 Å². The third kappa shape index (κ3) is 2.83. The standard InChI is InChI=1S/C16H19N7/c1-11-10-14(22-21-11)19-15-12-4-2-3-5-13(12)18-16(20-15)23-8-6-17-7-9-23/h2-5,10,17H,6-9H2,1H3,(H2,18,19,20,21,22). The molecule has 0 aliphatic carbocycles. The fourth-order valence-electron chi connectivity index (χ4n) is 2.77. The molecule has 7 heteroatoms. The number of hydrogen-bond donors (Lipinski definition) is 3. The van der Waals surface area contributed by atoms with Crippen LogP contribution in [-0.2, 0) is 0 Å². The molecule has 23 heavy (non-hydrogen) atoms. The van der Waals surface area contributed by atoms with Gasteiger partial charge in [-0.25, -0.2) is 4.98 Å². The van der Waals surface area contributed by atoms with Crippen LogP contribution in [0.3, 0.4) is 0 Å². The first kappa shape index (κ1) is 14.0. The van der Waals surface area contributed by atoms with Crippen molar-refractivity contribution in [2.75, 3.05) is 36.4 Å². The normalized spacial score (nSPS) is 15.1. The van der Waals surface area contributed by atoms with Crippen LogP contribution in [0.2, 0.25) is 0 Å². The highest BCUT2D eigenvalue weighted by Gasteiger charge is 2.16. The summed E-state index contributed by atoms with van der Waals surface area (Å²) in [6.45, 7) is 5.72. The second-order valence-corrected chi connectivity index (χ2v) is 5.69. The molecule has 3 aromatic rings. The lowest BCUT2D eigenvalue weighted by molar-refractivity contribution is 0.581. The summed E-state index contributed by atoms with van der Waals surface area (Å²) < 4.78 is 0. The Bertz CT molecular complexity index is 820. The summed E-state index contributed by atoms with van der Waals surface area (Å²) in [5.74, 6) is 2.31. The Labute approximate surface area is 134 Å². The largest absolute Gasteiger partial charge is 0.338 e. The molecule has 1 aromatic carbocycles. The third-order valence-electron chi connectivity index (χ3n) is 3.94. The average molecular weight is 309 g/mol. The number of nitrogens with one attached hydrogen (secondary N) is 3. The molecular formula is C16H19N7. The van der Waals surface area contributed by atoms with Crippen molar-refractivity contribution in [3.63, 3.8) is 0 Å². The second kappa shape index (κ2) is 5.85. The molecule has 0 bridgehead atoms. The number of aromatic nitrogens is 4. The summed E-state index contributed by atoms with van der Waals surface area (Å²) in [7, 11) is 0. The van der Waals surface area contributed by atoms with Gasteiger partial charge in [-0.3, -0.25) is 5.10 Å². The molecule has 118 valence electrons. The number of nitrogens with zero attached hydrogens (tertiary/aromatic N) is 4. The molecule has 1 aliphatic rings. The maximum absolute atomic E-state index is 4.75. The maximum Gasteiger partial charge on any atom is 0.227 e. The maximum atomic E-state index is 4.75. The van der Waals surface area contributed by atoms with Crippen LogP contribution in [0.15, 0.2) is 30.3 Å². The minimum atomic E-state index is 0.762. The van der Waals surface area contributed by atoms with E-state index in [9.17, 15) is 0 Å². The highest BCUT2D eigenvalue weighted by Crippen LogP contribution is 2.26. The first-order valence-electron chi connectivity index (χ1n) is 7.81. The molecule has 0 radical (unpaired) electrons. The molecule has 0 amide bonds. The van der Waals surface area contributed by atoms with E-state index in [-0.39, 0.29) is 0 Å². The Morgan fingerprint density at radius 2 is 1.96 bits per heavy atom. The summed E-state index contributed by atoms with van der Waals surface area (Å²) in [6, 6.07) is 10.0. The Hall–Kier alpha value is -2.67. The van der Waals surface area contributed by atoms with E-state index < -0.39 is 0 Å². The molecule has 7 nitrogen and oxygen atoms in total. The van der Waals surface area contributed by atoms with Crippen LogP contribution in [0.5, 0.6) is 0 Å². The van der Waals surface area contributed by atoms with E-state index in [0.29, 0.717) is 0 Å². The molecule has 1 aliphatic heterocycles. The molecule has 0 spiro atoms. The quantitative estimate of drug-likeness (QED) is 0.684. The van der Waals surface area contributed by atoms with Crippen molar-refractivity contribution in [2.45, 2.75) is 6.92 Å². The number of piperazine rings is 1. The van der Waals surface area contributed by atoms with E-state index in [2.05, 4.69) is 25.7 Å². The van der Waals surface area contributed by atoms with Gasteiger partial charge < -0.3 is 15.5 Å². The van der Waals surface area contributed by atoms with Gasteiger partial charge in [-0.1, -0.05) is 12.1 Å². The van der Waals surface area contributed by atoms with Crippen LogP contribution in [0.4, 0.5) is 17.6 Å². The SMILES string of the molecule is Cc1cc(Nc2nc(N3CCNCC3)nc3ccccc23)n[nH]1. The fraction of sp³-hybridized carbons (Fsp3) is 0.312. The van der Waals surface area contributed by atoms with E-state index in [0.717, 1.165) is 60.4 Å². The van der Waals surface area contributed by atoms with E-state index >= 15 is 0 Å². The molecular weight excluding hydrogens is 290 g/mol. The average Bonchev–Trinajstić information content (AvgIpc) is 3.00. The zero-order valence-electron chi connectivity index (χ0n) is 13.0. The van der Waals surface area contributed by atoms with Crippen molar-refractivity contribution < 1.29 is 0 Å². The van der Waals surface area contributed by atoms with Gasteiger partial charge in [-0.2, -0.15) is 10.1 Å². The number of anilines is 3. The molecule has 4 rings (SSSR count). The molecule has 3 heterocycles. The van der Waals surface area contributed by atoms with E-state index in [1.807, 2.05) is 37.3 Å². The van der Waals surface area contributed by atoms with Crippen LogP contribution in [0, 0.1) is 6.92 Å². The van der Waals surface area contributed by atoms with Crippen LogP contribution in [-0.4, -0.2) is 46.3 Å². The number of benzene rings is 1. The summed E-state index contributed by atoms with van der Waals surface area (Å²) in [5.41, 5.74) is 1.94. The predicted molar refractivity (Wildman–Crippen MR) is 91.2 cm³/mol. The minimum Gasteiger partial charge on any atom is -0.338 e. The summed E-state index contributed by atoms with van der Waals surface area (Å²) >= 11 is 0. The number of rotatable bonds is 3. The minimum absolute atomic E-state index is 0.762. The zero-order chi connectivity index (χ0) is 15.6. The van der Waals surface area contributed by atoms with Crippen molar-refractivity contribution in [1.29, 1.82) is 0 Å². The number of fused-ring (bicyclic) bond motifs is 1. The highest BCUT2D eigenvalue weighted by molar-refractivity contribution is 5.91. The molecule has 3 N–H and O–H groups in total. The van der Waals surface area contributed by atoms with Gasteiger partial charge in [0.05, 0.1) is 5.52 Å². The Balaban J connectivity index is 1.76. The van der Waals surface area contributed by atoms with Crippen LogP contribution < -0.4 is 15.5 Å². The van der Waals surface area contributed by atoms with Crippen molar-refractivity contribution >= 4 is 28.5 Å². The van der Waals surface area contributed by atoms with Crippen LogP contribution in [0.25, 0.3) is 10.9 Å². The van der Waals surface area contributed by atoms with Crippen molar-refractivity contribution in [1.82, 2.24) is 25.5 Å². The Kier molecular flexibility index (Phi) is 3.55. The number of aromatic amines is 1. The van der Waals surface area contributed by atoms with E-state index in [1.54, 1.807) is 0 Å². The first-order chi connectivity index (χ1) is 11.3. The molecule has 1 fully saturated rings. The van der Waals surface area contributed by atoms with E-state index in [4.69, 9.17) is 9.97 Å². The zero-order valence-corrected chi connectivity index (χ0v) is 13.0. The second-order valence-electron chi connectivity index (χ2n) is 5.69. The lowest BCUT2D eigenvalue weighted by Gasteiger charge is -2.27. The molecule has 0 atom stereocenters. The topological polar surface area (TPSA) is 81.8 Å². The summed E-state index contributed by atoms with van der Waals surface area (Å²) in [6.07, 6.45) is 0. The highest BCUT2D eigenvalue weighted by atomic mass is 15.3. The lowest BCUT2D eigenvalue weighted by atomic mass is 10.2. The van der Waals surface area contributed by atoms with E-state index in [1.165, 1.54) is 0 Å². The van der Waals surface area contributed by atoms with Crippen LogP contribution >= 0.6 is 0 Å². The Morgan fingerprint density at radius 3 is 2.74 bits per heavy atom. The fourth-order valence-corrected chi connectivity index (χ4v) is 2.77. The number of aryl methyl sites for hydroxylation is 1. The van der Waals surface area contributed by atoms with Crippen LogP contribution in [0.1, 0.15) is 5.69 Å². The van der Waals surface area contributed by atoms with Gasteiger partial charge in [0, 0.05) is 43.3 Å². The summed E-state index contributed by atoms with van der Waals surface area (Å²) in [4.78, 5) is 11.7. The lowest BCUT2D eigenvalue weighted by Crippen LogP contribution is -2.44. The smallest absolute Gasteiger partial charge is 0.227 e. The predicted octanol–water partition coefficient (Wildman–Crippen LogP) is 1.81. The molecule has 1 saturated heterocycles. The summed E-state index contributed by atoms with van der Waals surface area (Å²) in [5, 5.41) is 14.8. The molecule has 0 unspecified atom stereocenters. The first-order valence-corrected chi connectivity index (χ1v) is 7.81. The third-order valence-corrected chi connectivity index (χ3v) is 3.94. The van der Waals surface area contributed by atoms with Crippen molar-refractivity contribution in [2.24, 2.45) is 0 Å². The molecule has 0 saturated carbocycles. The number of hydrogen-bond acceptors (Lipinski definition) is 6.